The average Bonchev–Trinajstić information content (AvgIpc) is 3.80. The summed E-state index contributed by atoms with van der Waals surface area (Å²) in [4.78, 5) is 13.5. The van der Waals surface area contributed by atoms with Gasteiger partial charge in [-0.3, -0.25) is 0 Å². The number of piperidine rings is 1. The first-order valence-electron chi connectivity index (χ1n) is 16.4. The van der Waals surface area contributed by atoms with Crippen LogP contribution in [0, 0.1) is 22.9 Å². The minimum absolute atomic E-state index is 0.00831. The molecule has 3 aromatic carbocycles. The molecular weight excluding hydrogens is 609 g/mol. The number of ether oxygens (including phenoxy) is 4. The van der Waals surface area contributed by atoms with Crippen LogP contribution >= 0.6 is 0 Å². The molecule has 2 saturated heterocycles. The molecule has 7 rings (SSSR count). The molecule has 1 aliphatic carbocycles. The monoisotopic (exact) mass is 650 g/mol. The molecule has 8 nitrogen and oxygen atoms in total. The SMILES string of the molecule is CCc1c(F)ccc2cc(OCOC)cc(-c3c(F)cc4c(N5CCCC6(CCO6)C5)nc(OCC5(CN(C)C)CC5)nc4c3F)c12. The van der Waals surface area contributed by atoms with Gasteiger partial charge in [0, 0.05) is 44.0 Å². The van der Waals surface area contributed by atoms with Crippen LogP contribution in [0.4, 0.5) is 19.0 Å². The van der Waals surface area contributed by atoms with E-state index in [2.05, 4.69) is 9.88 Å². The van der Waals surface area contributed by atoms with E-state index >= 15 is 13.2 Å². The van der Waals surface area contributed by atoms with Crippen LogP contribution in [-0.4, -0.2) is 81.3 Å². The fourth-order valence-electron chi connectivity index (χ4n) is 7.36. The third kappa shape index (κ3) is 5.98. The second-order valence-corrected chi connectivity index (χ2v) is 13.6. The van der Waals surface area contributed by atoms with Gasteiger partial charge in [0.15, 0.2) is 12.6 Å². The van der Waals surface area contributed by atoms with Crippen LogP contribution in [0.25, 0.3) is 32.8 Å². The van der Waals surface area contributed by atoms with E-state index in [0.717, 1.165) is 38.6 Å². The summed E-state index contributed by atoms with van der Waals surface area (Å²) in [6.07, 6.45) is 5.09. The van der Waals surface area contributed by atoms with Crippen molar-refractivity contribution in [2.24, 2.45) is 5.41 Å². The fraction of sp³-hybridized carbons (Fsp3) is 0.500. The Bertz CT molecular complexity index is 1830. The van der Waals surface area contributed by atoms with Crippen LogP contribution in [0.1, 0.15) is 44.6 Å². The quantitative estimate of drug-likeness (QED) is 0.163. The van der Waals surface area contributed by atoms with Gasteiger partial charge < -0.3 is 28.7 Å². The van der Waals surface area contributed by atoms with Crippen molar-refractivity contribution in [2.45, 2.75) is 51.0 Å². The number of hydrogen-bond donors (Lipinski definition) is 0. The van der Waals surface area contributed by atoms with Gasteiger partial charge in [0.25, 0.3) is 0 Å². The lowest BCUT2D eigenvalue weighted by Crippen LogP contribution is -2.56. The number of halogens is 3. The molecule has 47 heavy (non-hydrogen) atoms. The normalized spacial score (nSPS) is 20.3. The number of aryl methyl sites for hydroxylation is 1. The van der Waals surface area contributed by atoms with Gasteiger partial charge in [-0.05, 0) is 92.4 Å². The number of fused-ring (bicyclic) bond motifs is 2. The minimum Gasteiger partial charge on any atom is -0.468 e. The van der Waals surface area contributed by atoms with Crippen LogP contribution in [0.2, 0.25) is 0 Å². The third-order valence-corrected chi connectivity index (χ3v) is 9.87. The Kier molecular flexibility index (Phi) is 8.42. The summed E-state index contributed by atoms with van der Waals surface area (Å²) in [5, 5.41) is 1.26. The Morgan fingerprint density at radius 1 is 1.00 bits per heavy atom. The lowest BCUT2D eigenvalue weighted by atomic mass is 9.85. The van der Waals surface area contributed by atoms with Gasteiger partial charge >= 0.3 is 6.01 Å². The molecule has 4 aromatic rings. The molecule has 1 unspecified atom stereocenters. The van der Waals surface area contributed by atoms with Crippen molar-refractivity contribution < 1.29 is 32.1 Å². The van der Waals surface area contributed by atoms with Crippen molar-refractivity contribution in [1.82, 2.24) is 14.9 Å². The van der Waals surface area contributed by atoms with E-state index in [0.29, 0.717) is 60.6 Å². The zero-order chi connectivity index (χ0) is 32.9. The maximum atomic E-state index is 17.1. The lowest BCUT2D eigenvalue weighted by molar-refractivity contribution is -0.151. The van der Waals surface area contributed by atoms with Crippen LogP contribution in [0.3, 0.4) is 0 Å². The van der Waals surface area contributed by atoms with Gasteiger partial charge in [-0.2, -0.15) is 9.97 Å². The summed E-state index contributed by atoms with van der Waals surface area (Å²) in [7, 11) is 5.54. The zero-order valence-corrected chi connectivity index (χ0v) is 27.4. The second-order valence-electron chi connectivity index (χ2n) is 13.6. The van der Waals surface area contributed by atoms with Crippen molar-refractivity contribution in [2.75, 3.05) is 65.7 Å². The molecule has 0 N–H and O–H groups in total. The van der Waals surface area contributed by atoms with Crippen LogP contribution < -0.4 is 14.4 Å². The van der Waals surface area contributed by atoms with E-state index in [1.165, 1.54) is 25.3 Å². The predicted molar refractivity (Wildman–Crippen MR) is 175 cm³/mol. The largest absolute Gasteiger partial charge is 0.468 e. The minimum atomic E-state index is -0.869. The van der Waals surface area contributed by atoms with E-state index in [4.69, 9.17) is 23.9 Å². The second kappa shape index (κ2) is 12.4. The number of hydrogen-bond acceptors (Lipinski definition) is 8. The number of anilines is 1. The van der Waals surface area contributed by atoms with E-state index in [9.17, 15) is 0 Å². The Morgan fingerprint density at radius 2 is 1.81 bits per heavy atom. The Labute approximate surface area is 272 Å². The summed E-state index contributed by atoms with van der Waals surface area (Å²) < 4.78 is 71.8. The summed E-state index contributed by atoms with van der Waals surface area (Å²) in [6.45, 7) is 4.92. The highest BCUT2D eigenvalue weighted by molar-refractivity contribution is 6.03. The molecule has 250 valence electrons. The number of nitrogens with zero attached hydrogens (tertiary/aromatic N) is 4. The van der Waals surface area contributed by atoms with Gasteiger partial charge in [-0.15, -0.1) is 0 Å². The molecule has 1 spiro atoms. The van der Waals surface area contributed by atoms with Gasteiger partial charge in [-0.25, -0.2) is 13.2 Å². The summed E-state index contributed by atoms with van der Waals surface area (Å²) in [5.74, 6) is -1.36. The average molecular weight is 651 g/mol. The molecule has 0 radical (unpaired) electrons. The first-order valence-corrected chi connectivity index (χ1v) is 16.4. The van der Waals surface area contributed by atoms with Gasteiger partial charge in [0.05, 0.1) is 24.4 Å². The van der Waals surface area contributed by atoms with Gasteiger partial charge in [-0.1, -0.05) is 13.0 Å². The number of aromatic nitrogens is 2. The van der Waals surface area contributed by atoms with Crippen molar-refractivity contribution in [1.29, 1.82) is 0 Å². The standard InChI is InChI=1S/C36H41F3N4O4/c1-5-24-27(37)8-7-22-15-23(46-21-44-4)16-25(29(22)24)30-28(38)17-26-32(31(30)39)40-34(45-20-35(10-11-35)18-42(2)3)41-33(26)43-13-6-9-36(19-43)12-14-47-36/h7-8,15-17H,5-6,9-14,18-21H2,1-4H3. The van der Waals surface area contributed by atoms with Crippen molar-refractivity contribution in [3.63, 3.8) is 0 Å². The molecule has 1 saturated carbocycles. The zero-order valence-electron chi connectivity index (χ0n) is 27.4. The molecule has 0 bridgehead atoms. The molecule has 3 fully saturated rings. The number of rotatable bonds is 11. The van der Waals surface area contributed by atoms with E-state index < -0.39 is 17.5 Å². The van der Waals surface area contributed by atoms with Crippen molar-refractivity contribution in [3.8, 4) is 22.9 Å². The Morgan fingerprint density at radius 3 is 2.49 bits per heavy atom. The van der Waals surface area contributed by atoms with Gasteiger partial charge in [0.2, 0.25) is 0 Å². The maximum Gasteiger partial charge on any atom is 0.319 e. The summed E-state index contributed by atoms with van der Waals surface area (Å²) in [5.41, 5.74) is -0.127. The highest BCUT2D eigenvalue weighted by atomic mass is 19.1. The first kappa shape index (κ1) is 31.9. The van der Waals surface area contributed by atoms with Gasteiger partial charge in [0.1, 0.15) is 28.7 Å². The topological polar surface area (TPSA) is 69.2 Å². The molecule has 3 heterocycles. The smallest absolute Gasteiger partial charge is 0.319 e. The Hall–Kier alpha value is -3.67. The van der Waals surface area contributed by atoms with Crippen LogP contribution in [-0.2, 0) is 15.9 Å². The maximum absolute atomic E-state index is 17.1. The molecule has 11 heteroatoms. The van der Waals surface area contributed by atoms with Crippen LogP contribution in [0.15, 0.2) is 30.3 Å². The van der Waals surface area contributed by atoms with E-state index in [1.54, 1.807) is 12.1 Å². The number of methoxy groups -OCH3 is 1. The van der Waals surface area contributed by atoms with E-state index in [1.807, 2.05) is 25.9 Å². The molecular formula is C36H41F3N4O4. The number of benzene rings is 3. The summed E-state index contributed by atoms with van der Waals surface area (Å²) in [6, 6.07) is 7.55. The van der Waals surface area contributed by atoms with E-state index in [-0.39, 0.29) is 45.8 Å². The first-order chi connectivity index (χ1) is 22.6. The van der Waals surface area contributed by atoms with Crippen molar-refractivity contribution >= 4 is 27.5 Å². The molecule has 0 amide bonds. The lowest BCUT2D eigenvalue weighted by Gasteiger charge is -2.48. The molecule has 2 aliphatic heterocycles. The Balaban J connectivity index is 1.41. The predicted octanol–water partition coefficient (Wildman–Crippen LogP) is 6.89. The molecule has 1 aromatic heterocycles. The molecule has 1 atom stereocenters. The highest BCUT2D eigenvalue weighted by Crippen LogP contribution is 2.47. The van der Waals surface area contributed by atoms with Crippen LogP contribution in [0.5, 0.6) is 11.8 Å². The summed E-state index contributed by atoms with van der Waals surface area (Å²) >= 11 is 0. The third-order valence-electron chi connectivity index (χ3n) is 9.87. The highest BCUT2D eigenvalue weighted by Gasteiger charge is 2.45. The molecule has 3 aliphatic rings. The van der Waals surface area contributed by atoms with Crippen molar-refractivity contribution in [3.05, 3.63) is 53.3 Å². The fourth-order valence-corrected chi connectivity index (χ4v) is 7.36.